The highest BCUT2D eigenvalue weighted by Crippen LogP contribution is 2.42. The molecule has 1 saturated carbocycles. The molecule has 2 amide bonds. The number of aliphatic hydroxyl groups is 1. The summed E-state index contributed by atoms with van der Waals surface area (Å²) in [5, 5.41) is 15.0. The lowest BCUT2D eigenvalue weighted by atomic mass is 10.0. The number of hydrogen-bond acceptors (Lipinski definition) is 2. The van der Waals surface area contributed by atoms with Crippen LogP contribution in [0.4, 0.5) is 13.6 Å². The number of carbonyl (C=O) groups excluding carboxylic acids is 1. The van der Waals surface area contributed by atoms with Crippen molar-refractivity contribution in [3.63, 3.8) is 0 Å². The SMILES string of the molecule is CCC(C)C(O)CNC(=O)NC1CC1c1c(F)cccc1F. The summed E-state index contributed by atoms with van der Waals surface area (Å²) in [4.78, 5) is 11.7. The molecular formula is C16H22F2N2O2. The molecule has 4 atom stereocenters. The zero-order valence-corrected chi connectivity index (χ0v) is 12.8. The molecular weight excluding hydrogens is 290 g/mol. The Kier molecular flexibility index (Phi) is 5.34. The van der Waals surface area contributed by atoms with Crippen molar-refractivity contribution >= 4 is 6.03 Å². The van der Waals surface area contributed by atoms with E-state index in [0.717, 1.165) is 6.42 Å². The summed E-state index contributed by atoms with van der Waals surface area (Å²) in [6.45, 7) is 4.03. The molecule has 0 aliphatic heterocycles. The monoisotopic (exact) mass is 312 g/mol. The minimum atomic E-state index is -0.602. The van der Waals surface area contributed by atoms with Gasteiger partial charge in [-0.1, -0.05) is 26.3 Å². The Morgan fingerprint density at radius 2 is 2.05 bits per heavy atom. The van der Waals surface area contributed by atoms with Crippen LogP contribution in [0.2, 0.25) is 0 Å². The van der Waals surface area contributed by atoms with Crippen LogP contribution in [0.5, 0.6) is 0 Å². The van der Waals surface area contributed by atoms with Crippen LogP contribution in [0.1, 0.15) is 38.2 Å². The molecule has 4 unspecified atom stereocenters. The average molecular weight is 312 g/mol. The van der Waals surface area contributed by atoms with E-state index in [2.05, 4.69) is 10.6 Å². The Balaban J connectivity index is 1.81. The van der Waals surface area contributed by atoms with Crippen LogP contribution in [-0.4, -0.2) is 29.8 Å². The van der Waals surface area contributed by atoms with Crippen molar-refractivity contribution < 1.29 is 18.7 Å². The number of aliphatic hydroxyl groups excluding tert-OH is 1. The molecule has 122 valence electrons. The normalized spacial score (nSPS) is 22.8. The second-order valence-electron chi connectivity index (χ2n) is 5.89. The summed E-state index contributed by atoms with van der Waals surface area (Å²) in [6.07, 6.45) is 0.732. The van der Waals surface area contributed by atoms with Gasteiger partial charge in [0.1, 0.15) is 11.6 Å². The molecule has 2 rings (SSSR count). The van der Waals surface area contributed by atoms with E-state index in [4.69, 9.17) is 0 Å². The molecule has 1 aromatic rings. The van der Waals surface area contributed by atoms with Gasteiger partial charge in [0, 0.05) is 24.1 Å². The van der Waals surface area contributed by atoms with Crippen LogP contribution in [0.3, 0.4) is 0 Å². The molecule has 0 radical (unpaired) electrons. The van der Waals surface area contributed by atoms with Gasteiger partial charge < -0.3 is 15.7 Å². The lowest BCUT2D eigenvalue weighted by Crippen LogP contribution is -2.42. The molecule has 6 heteroatoms. The van der Waals surface area contributed by atoms with E-state index in [1.54, 1.807) is 0 Å². The van der Waals surface area contributed by atoms with Crippen LogP contribution in [-0.2, 0) is 0 Å². The Hall–Kier alpha value is -1.69. The topological polar surface area (TPSA) is 61.4 Å². The van der Waals surface area contributed by atoms with Gasteiger partial charge in [-0.25, -0.2) is 13.6 Å². The van der Waals surface area contributed by atoms with Crippen molar-refractivity contribution in [3.05, 3.63) is 35.4 Å². The first-order valence-corrected chi connectivity index (χ1v) is 7.60. The van der Waals surface area contributed by atoms with Gasteiger partial charge >= 0.3 is 6.03 Å². The van der Waals surface area contributed by atoms with E-state index in [1.807, 2.05) is 13.8 Å². The molecule has 0 saturated heterocycles. The van der Waals surface area contributed by atoms with E-state index in [9.17, 15) is 18.7 Å². The van der Waals surface area contributed by atoms with Crippen LogP contribution in [0, 0.1) is 17.6 Å². The fourth-order valence-electron chi connectivity index (χ4n) is 2.43. The fraction of sp³-hybridized carbons (Fsp3) is 0.562. The van der Waals surface area contributed by atoms with Crippen molar-refractivity contribution in [2.75, 3.05) is 6.54 Å². The lowest BCUT2D eigenvalue weighted by molar-refractivity contribution is 0.114. The minimum Gasteiger partial charge on any atom is -0.391 e. The summed E-state index contributed by atoms with van der Waals surface area (Å²) < 4.78 is 27.3. The number of hydrogen-bond donors (Lipinski definition) is 3. The zero-order valence-electron chi connectivity index (χ0n) is 12.8. The third-order valence-electron chi connectivity index (χ3n) is 4.25. The summed E-state index contributed by atoms with van der Waals surface area (Å²) in [5.74, 6) is -1.39. The van der Waals surface area contributed by atoms with Crippen LogP contribution >= 0.6 is 0 Å². The predicted octanol–water partition coefficient (Wildman–Crippen LogP) is 2.53. The lowest BCUT2D eigenvalue weighted by Gasteiger charge is -2.17. The first-order chi connectivity index (χ1) is 10.4. The molecule has 1 fully saturated rings. The number of urea groups is 1. The number of amides is 2. The molecule has 1 aliphatic carbocycles. The van der Waals surface area contributed by atoms with Crippen molar-refractivity contribution in [2.45, 2.75) is 44.8 Å². The summed E-state index contributed by atoms with van der Waals surface area (Å²) in [5.41, 5.74) is 0.0347. The molecule has 22 heavy (non-hydrogen) atoms. The third kappa shape index (κ3) is 3.94. The van der Waals surface area contributed by atoms with E-state index in [-0.39, 0.29) is 30.0 Å². The molecule has 0 heterocycles. The van der Waals surface area contributed by atoms with E-state index in [0.29, 0.717) is 6.42 Å². The van der Waals surface area contributed by atoms with Crippen molar-refractivity contribution in [2.24, 2.45) is 5.92 Å². The molecule has 1 aliphatic rings. The highest BCUT2D eigenvalue weighted by molar-refractivity contribution is 5.75. The van der Waals surface area contributed by atoms with Gasteiger partial charge in [-0.3, -0.25) is 0 Å². The smallest absolute Gasteiger partial charge is 0.315 e. The molecule has 0 bridgehead atoms. The van der Waals surface area contributed by atoms with E-state index >= 15 is 0 Å². The van der Waals surface area contributed by atoms with Crippen molar-refractivity contribution in [3.8, 4) is 0 Å². The Bertz CT molecular complexity index is 519. The molecule has 0 aromatic heterocycles. The van der Waals surface area contributed by atoms with Crippen LogP contribution in [0.15, 0.2) is 18.2 Å². The van der Waals surface area contributed by atoms with Gasteiger partial charge in [-0.2, -0.15) is 0 Å². The third-order valence-corrected chi connectivity index (χ3v) is 4.25. The van der Waals surface area contributed by atoms with Crippen molar-refractivity contribution in [1.29, 1.82) is 0 Å². The first-order valence-electron chi connectivity index (χ1n) is 7.60. The standard InChI is InChI=1S/C16H22F2N2O2/c1-3-9(2)14(21)8-19-16(22)20-13-7-10(13)15-11(17)5-4-6-12(15)18/h4-6,9-10,13-14,21H,3,7-8H2,1-2H3,(H2,19,20,22). The van der Waals surface area contributed by atoms with Crippen LogP contribution in [0.25, 0.3) is 0 Å². The Morgan fingerprint density at radius 3 is 2.64 bits per heavy atom. The largest absolute Gasteiger partial charge is 0.391 e. The second kappa shape index (κ2) is 7.05. The van der Waals surface area contributed by atoms with Gasteiger partial charge in [0.25, 0.3) is 0 Å². The quantitative estimate of drug-likeness (QED) is 0.756. The number of carbonyl (C=O) groups is 1. The second-order valence-corrected chi connectivity index (χ2v) is 5.89. The van der Waals surface area contributed by atoms with Gasteiger partial charge in [0.2, 0.25) is 0 Å². The number of rotatable bonds is 6. The highest BCUT2D eigenvalue weighted by atomic mass is 19.1. The van der Waals surface area contributed by atoms with Gasteiger partial charge in [-0.05, 0) is 24.5 Å². The predicted molar refractivity (Wildman–Crippen MR) is 79.5 cm³/mol. The number of benzene rings is 1. The molecule has 3 N–H and O–H groups in total. The van der Waals surface area contributed by atoms with E-state index < -0.39 is 23.8 Å². The molecule has 0 spiro atoms. The summed E-state index contributed by atoms with van der Waals surface area (Å²) in [7, 11) is 0. The van der Waals surface area contributed by atoms with Crippen LogP contribution < -0.4 is 10.6 Å². The molecule has 1 aromatic carbocycles. The Labute approximate surface area is 128 Å². The maximum absolute atomic E-state index is 13.6. The maximum atomic E-state index is 13.6. The first kappa shape index (κ1) is 16.7. The van der Waals surface area contributed by atoms with E-state index in [1.165, 1.54) is 18.2 Å². The Morgan fingerprint density at radius 1 is 1.41 bits per heavy atom. The highest BCUT2D eigenvalue weighted by Gasteiger charge is 2.42. The maximum Gasteiger partial charge on any atom is 0.315 e. The van der Waals surface area contributed by atoms with Gasteiger partial charge in [0.15, 0.2) is 0 Å². The fourth-order valence-corrected chi connectivity index (χ4v) is 2.43. The number of halogens is 2. The minimum absolute atomic E-state index is 0.0347. The van der Waals surface area contributed by atoms with Gasteiger partial charge in [-0.15, -0.1) is 0 Å². The summed E-state index contributed by atoms with van der Waals surface area (Å²) in [6, 6.07) is 3.06. The van der Waals surface area contributed by atoms with Crippen molar-refractivity contribution in [1.82, 2.24) is 10.6 Å². The average Bonchev–Trinajstić information content (AvgIpc) is 3.22. The number of nitrogens with one attached hydrogen (secondary N) is 2. The molecule has 4 nitrogen and oxygen atoms in total. The van der Waals surface area contributed by atoms with Gasteiger partial charge in [0.05, 0.1) is 6.10 Å². The zero-order chi connectivity index (χ0) is 16.3. The summed E-state index contributed by atoms with van der Waals surface area (Å²) >= 11 is 0.